The van der Waals surface area contributed by atoms with Crippen molar-refractivity contribution in [1.82, 2.24) is 20.2 Å². The summed E-state index contributed by atoms with van der Waals surface area (Å²) >= 11 is 1.57. The van der Waals surface area contributed by atoms with Crippen LogP contribution in [0.1, 0.15) is 27.2 Å². The summed E-state index contributed by atoms with van der Waals surface area (Å²) in [5, 5.41) is 15.0. The minimum Gasteiger partial charge on any atom is -0.497 e. The molecule has 4 rings (SSSR count). The lowest BCUT2D eigenvalue weighted by atomic mass is 10.1. The second kappa shape index (κ2) is 6.75. The van der Waals surface area contributed by atoms with Crippen LogP contribution in [0.25, 0.3) is 5.00 Å². The number of aryl methyl sites for hydroxylation is 1. The van der Waals surface area contributed by atoms with Crippen LogP contribution < -0.4 is 14.8 Å². The van der Waals surface area contributed by atoms with Gasteiger partial charge in [-0.05, 0) is 35.3 Å². The first kappa shape index (κ1) is 16.5. The molecule has 9 heteroatoms. The quantitative estimate of drug-likeness (QED) is 0.741. The van der Waals surface area contributed by atoms with Crippen molar-refractivity contribution >= 4 is 22.9 Å². The molecular weight excluding hydrogens is 354 g/mol. The van der Waals surface area contributed by atoms with E-state index in [1.54, 1.807) is 48.4 Å². The van der Waals surface area contributed by atoms with Crippen LogP contribution in [0.2, 0.25) is 0 Å². The molecule has 1 N–H and O–H groups in total. The van der Waals surface area contributed by atoms with E-state index in [4.69, 9.17) is 9.47 Å². The van der Waals surface area contributed by atoms with Gasteiger partial charge in [0.15, 0.2) is 0 Å². The molecule has 0 saturated carbocycles. The van der Waals surface area contributed by atoms with Crippen LogP contribution >= 0.6 is 11.3 Å². The Labute approximate surface area is 153 Å². The van der Waals surface area contributed by atoms with Crippen LogP contribution in [0.5, 0.6) is 11.5 Å². The Hall–Kier alpha value is -2.94. The number of thiophene rings is 1. The minimum absolute atomic E-state index is 0.190. The summed E-state index contributed by atoms with van der Waals surface area (Å²) in [4.78, 5) is 14.3. The molecule has 1 amide bonds. The van der Waals surface area contributed by atoms with Crippen molar-refractivity contribution in [1.29, 1.82) is 0 Å². The van der Waals surface area contributed by atoms with E-state index in [0.717, 1.165) is 29.8 Å². The highest BCUT2D eigenvalue weighted by atomic mass is 32.1. The van der Waals surface area contributed by atoms with E-state index >= 15 is 0 Å². The highest BCUT2D eigenvalue weighted by molar-refractivity contribution is 7.15. The monoisotopic (exact) mass is 371 g/mol. The van der Waals surface area contributed by atoms with Gasteiger partial charge in [0.05, 0.1) is 19.8 Å². The number of benzene rings is 1. The van der Waals surface area contributed by atoms with E-state index in [-0.39, 0.29) is 5.91 Å². The predicted molar refractivity (Wildman–Crippen MR) is 96.6 cm³/mol. The number of methoxy groups -OCH3 is 2. The van der Waals surface area contributed by atoms with Crippen molar-refractivity contribution in [3.63, 3.8) is 0 Å². The van der Waals surface area contributed by atoms with Gasteiger partial charge in [-0.2, -0.15) is 4.68 Å². The zero-order chi connectivity index (χ0) is 18.1. The maximum absolute atomic E-state index is 13.1. The normalized spacial score (nSPS) is 12.7. The number of hydrogen-bond donors (Lipinski definition) is 1. The van der Waals surface area contributed by atoms with Gasteiger partial charge in [0, 0.05) is 28.8 Å². The van der Waals surface area contributed by atoms with Gasteiger partial charge in [0.2, 0.25) is 0 Å². The maximum atomic E-state index is 13.1. The lowest BCUT2D eigenvalue weighted by Crippen LogP contribution is -2.15. The van der Waals surface area contributed by atoms with Crippen molar-refractivity contribution in [2.75, 3.05) is 19.5 Å². The van der Waals surface area contributed by atoms with Crippen LogP contribution in [0.3, 0.4) is 0 Å². The smallest absolute Gasteiger partial charge is 0.259 e. The Morgan fingerprint density at radius 2 is 1.96 bits per heavy atom. The molecule has 0 radical (unpaired) electrons. The Kier molecular flexibility index (Phi) is 4.29. The Morgan fingerprint density at radius 1 is 1.19 bits per heavy atom. The highest BCUT2D eigenvalue weighted by Crippen LogP contribution is 2.38. The van der Waals surface area contributed by atoms with Crippen molar-refractivity contribution in [2.45, 2.75) is 19.3 Å². The van der Waals surface area contributed by atoms with Crippen molar-refractivity contribution in [3.8, 4) is 16.5 Å². The van der Waals surface area contributed by atoms with Crippen LogP contribution in [-0.4, -0.2) is 40.3 Å². The fraction of sp³-hybridized carbons (Fsp3) is 0.294. The summed E-state index contributed by atoms with van der Waals surface area (Å²) in [5.41, 5.74) is 2.33. The molecule has 8 nitrogen and oxygen atoms in total. The molecular formula is C17H17N5O3S. The highest BCUT2D eigenvalue weighted by Gasteiger charge is 2.28. The standard InChI is InChI=1S/C17H17N5O3S/c1-24-11-6-10(7-12(8-11)25-2)19-16(23)15-13-4-3-5-14(13)26-17(15)22-9-18-20-21-22/h6-9H,3-5H2,1-2H3,(H,19,23). The number of nitrogens with one attached hydrogen (secondary N) is 1. The first-order valence-corrected chi connectivity index (χ1v) is 8.93. The molecule has 0 unspecified atom stereocenters. The molecule has 26 heavy (non-hydrogen) atoms. The Morgan fingerprint density at radius 3 is 2.62 bits per heavy atom. The average Bonchev–Trinajstić information content (AvgIpc) is 3.36. The van der Waals surface area contributed by atoms with E-state index in [9.17, 15) is 4.79 Å². The van der Waals surface area contributed by atoms with Crippen molar-refractivity contribution in [3.05, 3.63) is 40.5 Å². The Bertz CT molecular complexity index is 929. The number of amides is 1. The molecule has 0 saturated heterocycles. The second-order valence-corrected chi connectivity index (χ2v) is 6.93. The minimum atomic E-state index is -0.190. The molecule has 0 atom stereocenters. The van der Waals surface area contributed by atoms with Crippen molar-refractivity contribution in [2.24, 2.45) is 0 Å². The SMILES string of the molecule is COc1cc(NC(=O)c2c(-n3cnnn3)sc3c2CCC3)cc(OC)c1. The van der Waals surface area contributed by atoms with E-state index in [2.05, 4.69) is 20.8 Å². The van der Waals surface area contributed by atoms with Gasteiger partial charge in [-0.15, -0.1) is 16.4 Å². The number of anilines is 1. The van der Waals surface area contributed by atoms with E-state index < -0.39 is 0 Å². The summed E-state index contributed by atoms with van der Waals surface area (Å²) < 4.78 is 12.1. The molecule has 0 fully saturated rings. The predicted octanol–water partition coefficient (Wildman–Crippen LogP) is 2.48. The number of aromatic nitrogens is 4. The van der Waals surface area contributed by atoms with Gasteiger partial charge in [0.1, 0.15) is 22.8 Å². The third-order valence-corrected chi connectivity index (χ3v) is 5.58. The van der Waals surface area contributed by atoms with Gasteiger partial charge in [0.25, 0.3) is 5.91 Å². The molecule has 0 spiro atoms. The zero-order valence-electron chi connectivity index (χ0n) is 14.4. The van der Waals surface area contributed by atoms with Gasteiger partial charge in [-0.3, -0.25) is 4.79 Å². The van der Waals surface area contributed by atoms with Gasteiger partial charge in [-0.1, -0.05) is 0 Å². The lowest BCUT2D eigenvalue weighted by molar-refractivity contribution is 0.102. The fourth-order valence-electron chi connectivity index (χ4n) is 3.11. The lowest BCUT2D eigenvalue weighted by Gasteiger charge is -2.11. The summed E-state index contributed by atoms with van der Waals surface area (Å²) in [5.74, 6) is 1.03. The molecule has 2 heterocycles. The number of tetrazole rings is 1. The van der Waals surface area contributed by atoms with Crippen LogP contribution in [0.4, 0.5) is 5.69 Å². The number of nitrogens with zero attached hydrogens (tertiary/aromatic N) is 4. The number of carbonyl (C=O) groups is 1. The number of carbonyl (C=O) groups excluding carboxylic acids is 1. The van der Waals surface area contributed by atoms with Gasteiger partial charge in [-0.25, -0.2) is 0 Å². The molecule has 2 aromatic heterocycles. The first-order chi connectivity index (χ1) is 12.7. The molecule has 0 aliphatic heterocycles. The first-order valence-electron chi connectivity index (χ1n) is 8.12. The van der Waals surface area contributed by atoms with Crippen LogP contribution in [0.15, 0.2) is 24.5 Å². The Balaban J connectivity index is 1.71. The van der Waals surface area contributed by atoms with Gasteiger partial charge >= 0.3 is 0 Å². The molecule has 3 aromatic rings. The zero-order valence-corrected chi connectivity index (χ0v) is 15.2. The third kappa shape index (κ3) is 2.90. The van der Waals surface area contributed by atoms with Crippen molar-refractivity contribution < 1.29 is 14.3 Å². The van der Waals surface area contributed by atoms with E-state index in [0.29, 0.717) is 22.7 Å². The largest absolute Gasteiger partial charge is 0.497 e. The number of hydrogen-bond acceptors (Lipinski definition) is 7. The van der Waals surface area contributed by atoms with Gasteiger partial charge < -0.3 is 14.8 Å². The van der Waals surface area contributed by atoms with E-state index in [1.807, 2.05) is 0 Å². The average molecular weight is 371 g/mol. The summed E-state index contributed by atoms with van der Waals surface area (Å²) in [6, 6.07) is 5.26. The number of fused-ring (bicyclic) bond motifs is 1. The molecule has 1 aliphatic carbocycles. The molecule has 0 bridgehead atoms. The topological polar surface area (TPSA) is 91.2 Å². The summed E-state index contributed by atoms with van der Waals surface area (Å²) in [6.45, 7) is 0. The molecule has 1 aromatic carbocycles. The van der Waals surface area contributed by atoms with Crippen LogP contribution in [-0.2, 0) is 12.8 Å². The summed E-state index contributed by atoms with van der Waals surface area (Å²) in [6.07, 6.45) is 4.43. The third-order valence-electron chi connectivity index (χ3n) is 4.30. The fourth-order valence-corrected chi connectivity index (χ4v) is 4.42. The van der Waals surface area contributed by atoms with E-state index in [1.165, 1.54) is 11.2 Å². The number of rotatable bonds is 5. The maximum Gasteiger partial charge on any atom is 0.259 e. The molecule has 134 valence electrons. The second-order valence-electron chi connectivity index (χ2n) is 5.85. The number of ether oxygens (including phenoxy) is 2. The van der Waals surface area contributed by atoms with Crippen LogP contribution in [0, 0.1) is 0 Å². The molecule has 1 aliphatic rings. The summed E-state index contributed by atoms with van der Waals surface area (Å²) in [7, 11) is 3.14.